The molecule has 0 saturated heterocycles. The van der Waals surface area contributed by atoms with Crippen LogP contribution in [0.3, 0.4) is 0 Å². The van der Waals surface area contributed by atoms with Gasteiger partial charge in [-0.2, -0.15) is 0 Å². The van der Waals surface area contributed by atoms with Crippen LogP contribution in [0.15, 0.2) is 48.5 Å². The Bertz CT molecular complexity index is 696. The van der Waals surface area contributed by atoms with E-state index in [9.17, 15) is 4.79 Å². The Hall–Kier alpha value is -2.29. The van der Waals surface area contributed by atoms with Crippen molar-refractivity contribution in [2.24, 2.45) is 0 Å². The summed E-state index contributed by atoms with van der Waals surface area (Å²) in [6.07, 6.45) is 2.22. The van der Waals surface area contributed by atoms with Crippen LogP contribution < -0.4 is 9.80 Å². The number of hydrogen-bond acceptors (Lipinski definition) is 2. The lowest BCUT2D eigenvalue weighted by Gasteiger charge is -2.32. The molecule has 0 fully saturated rings. The molecule has 0 radical (unpaired) electrons. The highest BCUT2D eigenvalue weighted by Gasteiger charge is 2.22. The SMILES string of the molecule is CCN(C(=O)CN1CCCc2ccccc21)c1cccc(C)c1. The van der Waals surface area contributed by atoms with Crippen molar-refractivity contribution in [3.63, 3.8) is 0 Å². The van der Waals surface area contributed by atoms with Crippen LogP contribution in [-0.4, -0.2) is 25.5 Å². The number of fused-ring (bicyclic) bond motifs is 1. The van der Waals surface area contributed by atoms with Crippen LogP contribution in [0.2, 0.25) is 0 Å². The standard InChI is InChI=1S/C20H24N2O/c1-3-22(18-11-6-8-16(2)14-18)20(23)15-21-13-7-10-17-9-4-5-12-19(17)21/h4-6,8-9,11-12,14H,3,7,10,13,15H2,1-2H3. The first-order valence-electron chi connectivity index (χ1n) is 8.39. The minimum Gasteiger partial charge on any atom is -0.362 e. The van der Waals surface area contributed by atoms with Gasteiger partial charge in [0.25, 0.3) is 0 Å². The predicted octanol–water partition coefficient (Wildman–Crippen LogP) is 3.80. The van der Waals surface area contributed by atoms with Gasteiger partial charge in [0, 0.05) is 24.5 Å². The largest absolute Gasteiger partial charge is 0.362 e. The summed E-state index contributed by atoms with van der Waals surface area (Å²) < 4.78 is 0. The van der Waals surface area contributed by atoms with Crippen LogP contribution in [0.4, 0.5) is 11.4 Å². The van der Waals surface area contributed by atoms with Crippen LogP contribution >= 0.6 is 0 Å². The van der Waals surface area contributed by atoms with Gasteiger partial charge in [0.1, 0.15) is 0 Å². The number of amides is 1. The molecule has 0 unspecified atom stereocenters. The predicted molar refractivity (Wildman–Crippen MR) is 96.2 cm³/mol. The summed E-state index contributed by atoms with van der Waals surface area (Å²) in [6, 6.07) is 16.6. The molecule has 0 aromatic heterocycles. The van der Waals surface area contributed by atoms with Crippen LogP contribution in [-0.2, 0) is 11.2 Å². The number of anilines is 2. The first-order valence-corrected chi connectivity index (χ1v) is 8.39. The molecular weight excluding hydrogens is 284 g/mol. The lowest BCUT2D eigenvalue weighted by atomic mass is 10.0. The molecule has 1 amide bonds. The number of rotatable bonds is 4. The van der Waals surface area contributed by atoms with E-state index in [2.05, 4.69) is 48.2 Å². The highest BCUT2D eigenvalue weighted by molar-refractivity contribution is 5.96. The smallest absolute Gasteiger partial charge is 0.246 e. The van der Waals surface area contributed by atoms with Gasteiger partial charge in [0.05, 0.1) is 6.54 Å². The monoisotopic (exact) mass is 308 g/mol. The molecule has 3 rings (SSSR count). The number of benzene rings is 2. The Kier molecular flexibility index (Phi) is 4.65. The van der Waals surface area contributed by atoms with E-state index in [0.717, 1.165) is 25.1 Å². The molecule has 0 bridgehead atoms. The van der Waals surface area contributed by atoms with E-state index in [0.29, 0.717) is 13.1 Å². The second-order valence-electron chi connectivity index (χ2n) is 6.13. The van der Waals surface area contributed by atoms with Crippen molar-refractivity contribution in [1.82, 2.24) is 0 Å². The highest BCUT2D eigenvalue weighted by atomic mass is 16.2. The molecule has 3 heteroatoms. The van der Waals surface area contributed by atoms with Gasteiger partial charge in [-0.25, -0.2) is 0 Å². The Morgan fingerprint density at radius 1 is 1.17 bits per heavy atom. The molecule has 23 heavy (non-hydrogen) atoms. The molecule has 0 saturated carbocycles. The highest BCUT2D eigenvalue weighted by Crippen LogP contribution is 2.27. The second-order valence-corrected chi connectivity index (χ2v) is 6.13. The van der Waals surface area contributed by atoms with E-state index >= 15 is 0 Å². The molecule has 120 valence electrons. The van der Waals surface area contributed by atoms with Gasteiger partial charge >= 0.3 is 0 Å². The molecule has 3 nitrogen and oxygen atoms in total. The van der Waals surface area contributed by atoms with E-state index in [4.69, 9.17) is 0 Å². The lowest BCUT2D eigenvalue weighted by molar-refractivity contribution is -0.117. The number of aryl methyl sites for hydroxylation is 2. The van der Waals surface area contributed by atoms with Crippen LogP contribution in [0.25, 0.3) is 0 Å². The first kappa shape index (κ1) is 15.6. The number of carbonyl (C=O) groups is 1. The average molecular weight is 308 g/mol. The van der Waals surface area contributed by atoms with Crippen LogP contribution in [0.1, 0.15) is 24.5 Å². The van der Waals surface area contributed by atoms with Gasteiger partial charge < -0.3 is 9.80 Å². The fraction of sp³-hybridized carbons (Fsp3) is 0.350. The zero-order valence-corrected chi connectivity index (χ0v) is 14.0. The van der Waals surface area contributed by atoms with Gasteiger partial charge in [-0.05, 0) is 56.0 Å². The van der Waals surface area contributed by atoms with Crippen LogP contribution in [0, 0.1) is 6.92 Å². The van der Waals surface area contributed by atoms with Crippen molar-refractivity contribution >= 4 is 17.3 Å². The fourth-order valence-corrected chi connectivity index (χ4v) is 3.32. The van der Waals surface area contributed by atoms with Crippen molar-refractivity contribution in [1.29, 1.82) is 0 Å². The van der Waals surface area contributed by atoms with E-state index in [1.807, 2.05) is 24.0 Å². The third-order valence-corrected chi connectivity index (χ3v) is 4.46. The normalized spacial score (nSPS) is 13.6. The van der Waals surface area contributed by atoms with E-state index in [-0.39, 0.29) is 5.91 Å². The molecule has 1 aliphatic rings. The maximum Gasteiger partial charge on any atom is 0.246 e. The average Bonchev–Trinajstić information content (AvgIpc) is 2.56. The minimum atomic E-state index is 0.162. The van der Waals surface area contributed by atoms with Crippen molar-refractivity contribution < 1.29 is 4.79 Å². The first-order chi connectivity index (χ1) is 11.2. The second kappa shape index (κ2) is 6.86. The van der Waals surface area contributed by atoms with Crippen molar-refractivity contribution in [2.45, 2.75) is 26.7 Å². The molecule has 2 aromatic carbocycles. The van der Waals surface area contributed by atoms with E-state index in [1.54, 1.807) is 0 Å². The number of nitrogens with zero attached hydrogens (tertiary/aromatic N) is 2. The van der Waals surface area contributed by atoms with Gasteiger partial charge in [0.15, 0.2) is 0 Å². The zero-order chi connectivity index (χ0) is 16.2. The van der Waals surface area contributed by atoms with Crippen LogP contribution in [0.5, 0.6) is 0 Å². The minimum absolute atomic E-state index is 0.162. The molecule has 2 aromatic rings. The van der Waals surface area contributed by atoms with E-state index < -0.39 is 0 Å². The summed E-state index contributed by atoms with van der Waals surface area (Å²) in [6.45, 7) is 6.18. The van der Waals surface area contributed by atoms with Gasteiger partial charge in [-0.15, -0.1) is 0 Å². The van der Waals surface area contributed by atoms with Gasteiger partial charge in [0.2, 0.25) is 5.91 Å². The van der Waals surface area contributed by atoms with Gasteiger partial charge in [-0.1, -0.05) is 30.3 Å². The Labute approximate surface area is 138 Å². The molecule has 1 aliphatic heterocycles. The topological polar surface area (TPSA) is 23.6 Å². The molecule has 0 atom stereocenters. The summed E-state index contributed by atoms with van der Waals surface area (Å²) in [5.74, 6) is 0.162. The fourth-order valence-electron chi connectivity index (χ4n) is 3.32. The Balaban J connectivity index is 1.78. The summed E-state index contributed by atoms with van der Waals surface area (Å²) in [7, 11) is 0. The van der Waals surface area contributed by atoms with E-state index in [1.165, 1.54) is 16.8 Å². The molecule has 1 heterocycles. The molecule has 0 aliphatic carbocycles. The Morgan fingerprint density at radius 2 is 2.00 bits per heavy atom. The molecule has 0 N–H and O–H groups in total. The number of carbonyl (C=O) groups excluding carboxylic acids is 1. The van der Waals surface area contributed by atoms with Crippen molar-refractivity contribution in [3.8, 4) is 0 Å². The summed E-state index contributed by atoms with van der Waals surface area (Å²) in [5.41, 5.74) is 4.73. The molecular formula is C20H24N2O. The summed E-state index contributed by atoms with van der Waals surface area (Å²) >= 11 is 0. The summed E-state index contributed by atoms with van der Waals surface area (Å²) in [4.78, 5) is 16.9. The maximum atomic E-state index is 12.8. The third-order valence-electron chi connectivity index (χ3n) is 4.46. The zero-order valence-electron chi connectivity index (χ0n) is 14.0. The number of hydrogen-bond donors (Lipinski definition) is 0. The third kappa shape index (κ3) is 3.39. The summed E-state index contributed by atoms with van der Waals surface area (Å²) in [5, 5.41) is 0. The van der Waals surface area contributed by atoms with Crippen molar-refractivity contribution in [2.75, 3.05) is 29.4 Å². The lowest BCUT2D eigenvalue weighted by Crippen LogP contribution is -2.42. The van der Waals surface area contributed by atoms with Gasteiger partial charge in [-0.3, -0.25) is 4.79 Å². The van der Waals surface area contributed by atoms with Crippen molar-refractivity contribution in [3.05, 3.63) is 59.7 Å². The Morgan fingerprint density at radius 3 is 2.78 bits per heavy atom. The quantitative estimate of drug-likeness (QED) is 0.857. The maximum absolute atomic E-state index is 12.8. The molecule has 0 spiro atoms. The number of likely N-dealkylation sites (N-methyl/N-ethyl adjacent to an activating group) is 1. The number of para-hydroxylation sites is 1.